The summed E-state index contributed by atoms with van der Waals surface area (Å²) in [5, 5.41) is 9.12. The van der Waals surface area contributed by atoms with Crippen molar-refractivity contribution in [1.82, 2.24) is 4.90 Å². The lowest BCUT2D eigenvalue weighted by molar-refractivity contribution is -0.149. The molecule has 0 spiro atoms. The molecule has 3 saturated heterocycles. The summed E-state index contributed by atoms with van der Waals surface area (Å²) in [6, 6.07) is 10.2. The number of hydrogen-bond acceptors (Lipinski definition) is 5. The zero-order valence-electron chi connectivity index (χ0n) is 17.1. The highest BCUT2D eigenvalue weighted by atomic mass is 16.6. The summed E-state index contributed by atoms with van der Waals surface area (Å²) < 4.78 is 5.71. The van der Waals surface area contributed by atoms with Crippen LogP contribution in [0.5, 0.6) is 0 Å². The number of cyclic esters (lactones) is 1. The van der Waals surface area contributed by atoms with E-state index >= 15 is 0 Å². The number of nitrogens with zero attached hydrogens (tertiary/aromatic N) is 3. The standard InChI is InChI=1S/C23H31N3O2/c1-3-23(4-2)11-21(28-22(23)27)8-9-25-13-18-15-26(16-19(18)14-25)20-7-5-6-17(10-20)12-24/h5-7,10,18-19,21H,3-4,8-9,11,13-16H2,1-2H3/t18-,19?,21?/m1/s1. The molecule has 3 aliphatic rings. The van der Waals surface area contributed by atoms with Crippen molar-refractivity contribution in [2.75, 3.05) is 37.6 Å². The second kappa shape index (κ2) is 7.75. The first-order chi connectivity index (χ1) is 13.6. The molecule has 4 rings (SSSR count). The van der Waals surface area contributed by atoms with E-state index in [4.69, 9.17) is 10.00 Å². The summed E-state index contributed by atoms with van der Waals surface area (Å²) in [7, 11) is 0. The maximum Gasteiger partial charge on any atom is 0.312 e. The van der Waals surface area contributed by atoms with Gasteiger partial charge in [0.05, 0.1) is 17.0 Å². The number of esters is 1. The number of hydrogen-bond donors (Lipinski definition) is 0. The van der Waals surface area contributed by atoms with Crippen LogP contribution in [0.25, 0.3) is 0 Å². The molecule has 0 bridgehead atoms. The van der Waals surface area contributed by atoms with Gasteiger partial charge >= 0.3 is 5.97 Å². The van der Waals surface area contributed by atoms with Gasteiger partial charge in [0.1, 0.15) is 6.10 Å². The third-order valence-corrected chi connectivity index (χ3v) is 7.35. The number of carbonyl (C=O) groups excluding carboxylic acids is 1. The lowest BCUT2D eigenvalue weighted by atomic mass is 9.79. The number of benzene rings is 1. The number of carbonyl (C=O) groups is 1. The van der Waals surface area contributed by atoms with Crippen molar-refractivity contribution in [2.45, 2.75) is 45.6 Å². The molecule has 2 unspecified atom stereocenters. The normalized spacial score (nSPS) is 29.0. The number of ether oxygens (including phenoxy) is 1. The molecule has 0 amide bonds. The Bertz CT molecular complexity index is 753. The second-order valence-corrected chi connectivity index (χ2v) is 8.85. The Labute approximate surface area is 168 Å². The van der Waals surface area contributed by atoms with Gasteiger partial charge in [-0.05, 0) is 49.3 Å². The predicted molar refractivity (Wildman–Crippen MR) is 109 cm³/mol. The molecule has 0 aliphatic carbocycles. The molecule has 5 nitrogen and oxygen atoms in total. The molecule has 3 heterocycles. The van der Waals surface area contributed by atoms with Crippen LogP contribution in [0.4, 0.5) is 5.69 Å². The Balaban J connectivity index is 1.27. The molecule has 0 aromatic heterocycles. The molecule has 0 saturated carbocycles. The highest BCUT2D eigenvalue weighted by Crippen LogP contribution is 2.41. The molecule has 3 fully saturated rings. The van der Waals surface area contributed by atoms with E-state index in [0.717, 1.165) is 64.0 Å². The molecule has 3 atom stereocenters. The lowest BCUT2D eigenvalue weighted by Crippen LogP contribution is -2.31. The van der Waals surface area contributed by atoms with E-state index in [9.17, 15) is 4.79 Å². The molecule has 3 aliphatic heterocycles. The van der Waals surface area contributed by atoms with Crippen molar-refractivity contribution < 1.29 is 9.53 Å². The van der Waals surface area contributed by atoms with Crippen LogP contribution in [0, 0.1) is 28.6 Å². The molecule has 150 valence electrons. The van der Waals surface area contributed by atoms with Gasteiger partial charge in [0, 0.05) is 44.8 Å². The number of anilines is 1. The molecular weight excluding hydrogens is 350 g/mol. The molecule has 0 radical (unpaired) electrons. The van der Waals surface area contributed by atoms with Gasteiger partial charge in [-0.25, -0.2) is 0 Å². The summed E-state index contributed by atoms with van der Waals surface area (Å²) in [5.41, 5.74) is 1.68. The van der Waals surface area contributed by atoms with Crippen LogP contribution in [0.2, 0.25) is 0 Å². The third kappa shape index (κ3) is 3.51. The fourth-order valence-corrected chi connectivity index (χ4v) is 5.41. The average Bonchev–Trinajstić information content (AvgIpc) is 3.37. The number of fused-ring (bicyclic) bond motifs is 1. The van der Waals surface area contributed by atoms with Crippen molar-refractivity contribution >= 4 is 11.7 Å². The summed E-state index contributed by atoms with van der Waals surface area (Å²) >= 11 is 0. The maximum atomic E-state index is 12.3. The molecule has 28 heavy (non-hydrogen) atoms. The fraction of sp³-hybridized carbons (Fsp3) is 0.652. The fourth-order valence-electron chi connectivity index (χ4n) is 5.41. The molecule has 1 aromatic carbocycles. The Hall–Kier alpha value is -2.06. The predicted octanol–water partition coefficient (Wildman–Crippen LogP) is 3.44. The highest BCUT2D eigenvalue weighted by molar-refractivity contribution is 5.78. The van der Waals surface area contributed by atoms with Crippen LogP contribution >= 0.6 is 0 Å². The summed E-state index contributed by atoms with van der Waals surface area (Å²) in [5.74, 6) is 1.42. The van der Waals surface area contributed by atoms with Crippen molar-refractivity contribution in [3.63, 3.8) is 0 Å². The van der Waals surface area contributed by atoms with E-state index in [0.29, 0.717) is 11.8 Å². The van der Waals surface area contributed by atoms with E-state index in [-0.39, 0.29) is 17.5 Å². The first-order valence-electron chi connectivity index (χ1n) is 10.8. The molecule has 1 aromatic rings. The summed E-state index contributed by atoms with van der Waals surface area (Å²) in [6.07, 6.45) is 3.71. The minimum absolute atomic E-state index is 0.0241. The minimum Gasteiger partial charge on any atom is -0.462 e. The van der Waals surface area contributed by atoms with Gasteiger partial charge in [0.15, 0.2) is 0 Å². The first-order valence-corrected chi connectivity index (χ1v) is 10.8. The van der Waals surface area contributed by atoms with E-state index < -0.39 is 0 Å². The van der Waals surface area contributed by atoms with Crippen molar-refractivity contribution in [3.8, 4) is 6.07 Å². The van der Waals surface area contributed by atoms with Gasteiger partial charge in [-0.1, -0.05) is 19.9 Å². The van der Waals surface area contributed by atoms with Crippen LogP contribution in [0.15, 0.2) is 24.3 Å². The van der Waals surface area contributed by atoms with E-state index in [2.05, 4.69) is 35.8 Å². The van der Waals surface area contributed by atoms with E-state index in [1.165, 1.54) is 5.69 Å². The third-order valence-electron chi connectivity index (χ3n) is 7.35. The SMILES string of the molecule is CCC1(CC)CC(CCN2CC3CN(c4cccc(C#N)c4)C[C@H]3C2)OC1=O. The van der Waals surface area contributed by atoms with Crippen LogP contribution < -0.4 is 4.90 Å². The largest absolute Gasteiger partial charge is 0.462 e. The minimum atomic E-state index is -0.231. The summed E-state index contributed by atoms with van der Waals surface area (Å²) in [6.45, 7) is 9.64. The van der Waals surface area contributed by atoms with Gasteiger partial charge in [-0.3, -0.25) is 4.79 Å². The topological polar surface area (TPSA) is 56.6 Å². The van der Waals surface area contributed by atoms with Crippen molar-refractivity contribution in [3.05, 3.63) is 29.8 Å². The quantitative estimate of drug-likeness (QED) is 0.707. The van der Waals surface area contributed by atoms with Crippen LogP contribution in [0.1, 0.15) is 45.1 Å². The van der Waals surface area contributed by atoms with Crippen LogP contribution in [-0.4, -0.2) is 49.7 Å². The van der Waals surface area contributed by atoms with Gasteiger partial charge in [0.2, 0.25) is 0 Å². The number of likely N-dealkylation sites (tertiary alicyclic amines) is 1. The van der Waals surface area contributed by atoms with E-state index in [1.807, 2.05) is 18.2 Å². The first kappa shape index (κ1) is 19.3. The van der Waals surface area contributed by atoms with Gasteiger partial charge in [0.25, 0.3) is 0 Å². The Morgan fingerprint density at radius 2 is 1.89 bits per heavy atom. The Morgan fingerprint density at radius 1 is 1.18 bits per heavy atom. The van der Waals surface area contributed by atoms with Gasteiger partial charge in [-0.15, -0.1) is 0 Å². The van der Waals surface area contributed by atoms with Gasteiger partial charge in [-0.2, -0.15) is 5.26 Å². The van der Waals surface area contributed by atoms with Crippen LogP contribution in [-0.2, 0) is 9.53 Å². The Morgan fingerprint density at radius 3 is 2.50 bits per heavy atom. The van der Waals surface area contributed by atoms with Gasteiger partial charge < -0.3 is 14.5 Å². The van der Waals surface area contributed by atoms with Crippen molar-refractivity contribution in [1.29, 1.82) is 5.26 Å². The van der Waals surface area contributed by atoms with Crippen LogP contribution in [0.3, 0.4) is 0 Å². The summed E-state index contributed by atoms with van der Waals surface area (Å²) in [4.78, 5) is 17.3. The monoisotopic (exact) mass is 381 g/mol. The smallest absolute Gasteiger partial charge is 0.312 e. The highest BCUT2D eigenvalue weighted by Gasteiger charge is 2.46. The average molecular weight is 382 g/mol. The lowest BCUT2D eigenvalue weighted by Gasteiger charge is -2.24. The molecule has 0 N–H and O–H groups in total. The Kier molecular flexibility index (Phi) is 5.33. The van der Waals surface area contributed by atoms with Crippen molar-refractivity contribution in [2.24, 2.45) is 17.3 Å². The second-order valence-electron chi connectivity index (χ2n) is 8.85. The molecular formula is C23H31N3O2. The number of rotatable bonds is 6. The zero-order chi connectivity index (χ0) is 19.7. The maximum absolute atomic E-state index is 12.3. The van der Waals surface area contributed by atoms with E-state index in [1.54, 1.807) is 0 Å². The molecule has 5 heteroatoms. The zero-order valence-corrected chi connectivity index (χ0v) is 17.1. The number of nitriles is 1.